The lowest BCUT2D eigenvalue weighted by molar-refractivity contribution is -0.153. The summed E-state index contributed by atoms with van der Waals surface area (Å²) in [6.45, 7) is 7.98. The predicted octanol–water partition coefficient (Wildman–Crippen LogP) is 1.43. The zero-order chi connectivity index (χ0) is 14.8. The van der Waals surface area contributed by atoms with Crippen LogP contribution in [0.2, 0.25) is 0 Å². The molecule has 0 unspecified atom stereocenters. The third-order valence-electron chi connectivity index (χ3n) is 4.85. The van der Waals surface area contributed by atoms with Crippen molar-refractivity contribution in [1.29, 1.82) is 0 Å². The fourth-order valence-electron chi connectivity index (χ4n) is 3.18. The van der Waals surface area contributed by atoms with E-state index in [9.17, 15) is 14.7 Å². The number of amides is 1. The van der Waals surface area contributed by atoms with Gasteiger partial charge in [-0.05, 0) is 45.7 Å². The molecule has 114 valence electrons. The van der Waals surface area contributed by atoms with Gasteiger partial charge in [0.15, 0.2) is 0 Å². The Bertz CT molecular complexity index is 369. The number of rotatable bonds is 4. The quantitative estimate of drug-likeness (QED) is 0.847. The number of nitrogens with zero attached hydrogens (tertiary/aromatic N) is 2. The SMILES string of the molecule is C[C@H](CN1CCCC1)C(=O)N1CCC(C)(C(=O)O)CC1. The van der Waals surface area contributed by atoms with Crippen LogP contribution in [0.1, 0.15) is 39.5 Å². The summed E-state index contributed by atoms with van der Waals surface area (Å²) in [5.74, 6) is -0.540. The monoisotopic (exact) mass is 282 g/mol. The van der Waals surface area contributed by atoms with Crippen LogP contribution < -0.4 is 0 Å². The van der Waals surface area contributed by atoms with Gasteiger partial charge in [0.25, 0.3) is 0 Å². The van der Waals surface area contributed by atoms with Crippen molar-refractivity contribution in [2.75, 3.05) is 32.7 Å². The molecule has 1 N–H and O–H groups in total. The molecule has 5 heteroatoms. The van der Waals surface area contributed by atoms with Crippen molar-refractivity contribution in [3.8, 4) is 0 Å². The Morgan fingerprint density at radius 3 is 2.20 bits per heavy atom. The van der Waals surface area contributed by atoms with Gasteiger partial charge in [0, 0.05) is 25.6 Å². The zero-order valence-corrected chi connectivity index (χ0v) is 12.6. The molecule has 20 heavy (non-hydrogen) atoms. The highest BCUT2D eigenvalue weighted by Gasteiger charge is 2.38. The maximum atomic E-state index is 12.4. The van der Waals surface area contributed by atoms with Crippen LogP contribution in [-0.2, 0) is 9.59 Å². The predicted molar refractivity (Wildman–Crippen MR) is 76.4 cm³/mol. The fraction of sp³-hybridized carbons (Fsp3) is 0.867. The standard InChI is InChI=1S/C15H26N2O3/c1-12(11-16-7-3-4-8-16)13(18)17-9-5-15(2,6-10-17)14(19)20/h12H,3-11H2,1-2H3,(H,19,20)/t12-/m1/s1. The first-order chi connectivity index (χ1) is 9.42. The second-order valence-corrected chi connectivity index (χ2v) is 6.60. The highest BCUT2D eigenvalue weighted by atomic mass is 16.4. The third kappa shape index (κ3) is 3.32. The van der Waals surface area contributed by atoms with Crippen LogP contribution in [0, 0.1) is 11.3 Å². The zero-order valence-electron chi connectivity index (χ0n) is 12.6. The van der Waals surface area contributed by atoms with E-state index in [1.54, 1.807) is 6.92 Å². The van der Waals surface area contributed by atoms with Crippen molar-refractivity contribution < 1.29 is 14.7 Å². The van der Waals surface area contributed by atoms with Crippen molar-refractivity contribution in [1.82, 2.24) is 9.80 Å². The minimum Gasteiger partial charge on any atom is -0.481 e. The van der Waals surface area contributed by atoms with E-state index in [4.69, 9.17) is 0 Å². The molecule has 0 aliphatic carbocycles. The van der Waals surface area contributed by atoms with Crippen LogP contribution >= 0.6 is 0 Å². The van der Waals surface area contributed by atoms with Crippen molar-refractivity contribution in [2.24, 2.45) is 11.3 Å². The van der Waals surface area contributed by atoms with E-state index >= 15 is 0 Å². The van der Waals surface area contributed by atoms with E-state index in [-0.39, 0.29) is 11.8 Å². The maximum Gasteiger partial charge on any atom is 0.309 e. The van der Waals surface area contributed by atoms with Crippen LogP contribution in [0.5, 0.6) is 0 Å². The summed E-state index contributed by atoms with van der Waals surface area (Å²) in [5, 5.41) is 9.21. The van der Waals surface area contributed by atoms with Crippen LogP contribution in [0.25, 0.3) is 0 Å². The average molecular weight is 282 g/mol. The van der Waals surface area contributed by atoms with E-state index < -0.39 is 11.4 Å². The van der Waals surface area contributed by atoms with Gasteiger partial charge < -0.3 is 14.9 Å². The van der Waals surface area contributed by atoms with Crippen molar-refractivity contribution in [3.05, 3.63) is 0 Å². The minimum absolute atomic E-state index is 0.0160. The molecule has 2 aliphatic heterocycles. The molecule has 5 nitrogen and oxygen atoms in total. The Morgan fingerprint density at radius 1 is 1.15 bits per heavy atom. The third-order valence-corrected chi connectivity index (χ3v) is 4.85. The Labute approximate surface area is 120 Å². The molecule has 0 saturated carbocycles. The Hall–Kier alpha value is -1.10. The van der Waals surface area contributed by atoms with Gasteiger partial charge in [0.2, 0.25) is 5.91 Å². The molecular formula is C15H26N2O3. The summed E-state index contributed by atoms with van der Waals surface area (Å²) < 4.78 is 0. The molecule has 2 heterocycles. The maximum absolute atomic E-state index is 12.4. The molecule has 2 aliphatic rings. The lowest BCUT2D eigenvalue weighted by Gasteiger charge is -2.37. The summed E-state index contributed by atoms with van der Waals surface area (Å²) >= 11 is 0. The van der Waals surface area contributed by atoms with Crippen LogP contribution in [0.3, 0.4) is 0 Å². The summed E-state index contributed by atoms with van der Waals surface area (Å²) in [7, 11) is 0. The number of carbonyl (C=O) groups is 2. The number of carboxylic acid groups (broad SMARTS) is 1. The number of hydrogen-bond acceptors (Lipinski definition) is 3. The number of aliphatic carboxylic acids is 1. The van der Waals surface area contributed by atoms with E-state index in [0.717, 1.165) is 19.6 Å². The van der Waals surface area contributed by atoms with Crippen LogP contribution in [-0.4, -0.2) is 59.5 Å². The number of carbonyl (C=O) groups excluding carboxylic acids is 1. The van der Waals surface area contributed by atoms with E-state index in [2.05, 4.69) is 4.90 Å². The van der Waals surface area contributed by atoms with Gasteiger partial charge in [-0.2, -0.15) is 0 Å². The largest absolute Gasteiger partial charge is 0.481 e. The van der Waals surface area contributed by atoms with Crippen LogP contribution in [0.15, 0.2) is 0 Å². The molecule has 1 amide bonds. The second-order valence-electron chi connectivity index (χ2n) is 6.60. The smallest absolute Gasteiger partial charge is 0.309 e. The first-order valence-corrected chi connectivity index (χ1v) is 7.67. The van der Waals surface area contributed by atoms with E-state index in [1.807, 2.05) is 11.8 Å². The van der Waals surface area contributed by atoms with Crippen molar-refractivity contribution >= 4 is 11.9 Å². The minimum atomic E-state index is -0.741. The number of hydrogen-bond donors (Lipinski definition) is 1. The summed E-state index contributed by atoms with van der Waals surface area (Å²) in [6.07, 6.45) is 3.60. The number of piperidine rings is 1. The second kappa shape index (κ2) is 6.12. The van der Waals surface area contributed by atoms with E-state index in [0.29, 0.717) is 25.9 Å². The highest BCUT2D eigenvalue weighted by Crippen LogP contribution is 2.31. The molecule has 0 aromatic carbocycles. The van der Waals surface area contributed by atoms with Gasteiger partial charge in [0.1, 0.15) is 0 Å². The van der Waals surface area contributed by atoms with Gasteiger partial charge in [-0.3, -0.25) is 9.59 Å². The molecule has 0 bridgehead atoms. The molecule has 0 aromatic rings. The Kier molecular flexibility index (Phi) is 4.68. The van der Waals surface area contributed by atoms with Gasteiger partial charge in [-0.15, -0.1) is 0 Å². The Morgan fingerprint density at radius 2 is 1.70 bits per heavy atom. The van der Waals surface area contributed by atoms with Crippen molar-refractivity contribution in [3.63, 3.8) is 0 Å². The Balaban J connectivity index is 1.83. The lowest BCUT2D eigenvalue weighted by atomic mass is 9.80. The van der Waals surface area contributed by atoms with Crippen LogP contribution in [0.4, 0.5) is 0 Å². The van der Waals surface area contributed by atoms with Gasteiger partial charge in [-0.25, -0.2) is 0 Å². The first-order valence-electron chi connectivity index (χ1n) is 7.67. The fourth-order valence-corrected chi connectivity index (χ4v) is 3.18. The molecule has 2 saturated heterocycles. The summed E-state index contributed by atoms with van der Waals surface area (Å²) in [5.41, 5.74) is -0.658. The van der Waals surface area contributed by atoms with Crippen molar-refractivity contribution in [2.45, 2.75) is 39.5 Å². The normalized spacial score (nSPS) is 24.6. The van der Waals surface area contributed by atoms with Gasteiger partial charge >= 0.3 is 5.97 Å². The molecule has 0 aromatic heterocycles. The molecular weight excluding hydrogens is 256 g/mol. The van der Waals surface area contributed by atoms with Gasteiger partial charge in [0.05, 0.1) is 5.41 Å². The molecule has 0 spiro atoms. The average Bonchev–Trinajstić information content (AvgIpc) is 2.91. The highest BCUT2D eigenvalue weighted by molar-refractivity contribution is 5.80. The van der Waals surface area contributed by atoms with E-state index in [1.165, 1.54) is 12.8 Å². The topological polar surface area (TPSA) is 60.9 Å². The van der Waals surface area contributed by atoms with Gasteiger partial charge in [-0.1, -0.05) is 6.92 Å². The molecule has 2 rings (SSSR count). The first kappa shape index (κ1) is 15.3. The molecule has 2 fully saturated rings. The summed E-state index contributed by atoms with van der Waals surface area (Å²) in [4.78, 5) is 27.8. The lowest BCUT2D eigenvalue weighted by Crippen LogP contribution is -2.48. The summed E-state index contributed by atoms with van der Waals surface area (Å²) in [6, 6.07) is 0. The number of likely N-dealkylation sites (tertiary alicyclic amines) is 2. The molecule has 1 atom stereocenters. The number of carboxylic acids is 1. The molecule has 0 radical (unpaired) electrons.